The van der Waals surface area contributed by atoms with Gasteiger partial charge in [-0.1, -0.05) is 12.1 Å². The maximum atomic E-state index is 13.3. The predicted octanol–water partition coefficient (Wildman–Crippen LogP) is 2.41. The normalized spacial score (nSPS) is 10.7. The Bertz CT molecular complexity index is 387. The van der Waals surface area contributed by atoms with E-state index in [-0.39, 0.29) is 18.3 Å². The van der Waals surface area contributed by atoms with Crippen molar-refractivity contribution in [2.75, 3.05) is 32.5 Å². The molecular weight excluding hydrogens is 253 g/mol. The van der Waals surface area contributed by atoms with Crippen molar-refractivity contribution in [2.45, 2.75) is 11.8 Å². The first-order valence-electron chi connectivity index (χ1n) is 5.85. The van der Waals surface area contributed by atoms with Crippen molar-refractivity contribution >= 4 is 17.7 Å². The van der Waals surface area contributed by atoms with Gasteiger partial charge in [0.15, 0.2) is 0 Å². The second-order valence-corrected chi connectivity index (χ2v) is 4.96. The van der Waals surface area contributed by atoms with E-state index in [9.17, 15) is 9.18 Å². The number of thioether (sulfide) groups is 1. The highest BCUT2D eigenvalue weighted by molar-refractivity contribution is 7.99. The zero-order valence-corrected chi connectivity index (χ0v) is 11.5. The lowest BCUT2D eigenvalue weighted by Gasteiger charge is -2.15. The number of benzene rings is 1. The van der Waals surface area contributed by atoms with Gasteiger partial charge >= 0.3 is 5.97 Å². The molecule has 18 heavy (non-hydrogen) atoms. The number of ether oxygens (including phenoxy) is 1. The number of hydrogen-bond donors (Lipinski definition) is 0. The summed E-state index contributed by atoms with van der Waals surface area (Å²) in [5, 5.41) is 0. The highest BCUT2D eigenvalue weighted by atomic mass is 32.2. The molecule has 0 fully saturated rings. The zero-order valence-electron chi connectivity index (χ0n) is 10.7. The fourth-order valence-corrected chi connectivity index (χ4v) is 2.38. The van der Waals surface area contributed by atoms with Crippen molar-refractivity contribution in [1.29, 1.82) is 0 Å². The zero-order chi connectivity index (χ0) is 13.4. The summed E-state index contributed by atoms with van der Waals surface area (Å²) in [6.45, 7) is 3.16. The minimum atomic E-state index is -0.226. The molecule has 0 heterocycles. The van der Waals surface area contributed by atoms with Crippen molar-refractivity contribution in [3.8, 4) is 0 Å². The molecule has 0 saturated carbocycles. The number of nitrogens with zero attached hydrogens (tertiary/aromatic N) is 1. The fourth-order valence-electron chi connectivity index (χ4n) is 1.38. The van der Waals surface area contributed by atoms with Gasteiger partial charge in [-0.3, -0.25) is 9.69 Å². The molecule has 0 bridgehead atoms. The average molecular weight is 271 g/mol. The number of hydrogen-bond acceptors (Lipinski definition) is 4. The van der Waals surface area contributed by atoms with E-state index in [1.54, 1.807) is 19.1 Å². The van der Waals surface area contributed by atoms with Crippen LogP contribution in [0.4, 0.5) is 4.39 Å². The highest BCUT2D eigenvalue weighted by Gasteiger charge is 2.07. The Kier molecular flexibility index (Phi) is 6.75. The van der Waals surface area contributed by atoms with Crippen LogP contribution in [0.15, 0.2) is 29.2 Å². The lowest BCUT2D eigenvalue weighted by molar-refractivity contribution is -0.144. The van der Waals surface area contributed by atoms with Gasteiger partial charge in [0.2, 0.25) is 0 Å². The molecule has 0 unspecified atom stereocenters. The Morgan fingerprint density at radius 3 is 2.83 bits per heavy atom. The van der Waals surface area contributed by atoms with E-state index >= 15 is 0 Å². The van der Waals surface area contributed by atoms with Crippen LogP contribution >= 0.6 is 11.8 Å². The molecule has 0 aromatic heterocycles. The second-order valence-electron chi connectivity index (χ2n) is 3.82. The van der Waals surface area contributed by atoms with Crippen LogP contribution in [0, 0.1) is 5.82 Å². The first-order valence-corrected chi connectivity index (χ1v) is 6.83. The number of carbonyl (C=O) groups excluding carboxylic acids is 1. The molecule has 100 valence electrons. The predicted molar refractivity (Wildman–Crippen MR) is 71.3 cm³/mol. The van der Waals surface area contributed by atoms with E-state index in [4.69, 9.17) is 4.74 Å². The molecule has 0 atom stereocenters. The Balaban J connectivity index is 2.25. The number of esters is 1. The van der Waals surface area contributed by atoms with Gasteiger partial charge in [0.25, 0.3) is 0 Å². The second kappa shape index (κ2) is 8.11. The third-order valence-electron chi connectivity index (χ3n) is 2.27. The van der Waals surface area contributed by atoms with Crippen LogP contribution in [-0.4, -0.2) is 43.4 Å². The van der Waals surface area contributed by atoms with Gasteiger partial charge in [0, 0.05) is 17.2 Å². The molecule has 0 spiro atoms. The molecule has 1 rings (SSSR count). The quantitative estimate of drug-likeness (QED) is 0.562. The molecule has 1 aromatic rings. The van der Waals surface area contributed by atoms with Crippen molar-refractivity contribution in [3.05, 3.63) is 30.1 Å². The molecule has 0 N–H and O–H groups in total. The number of halogens is 1. The Morgan fingerprint density at radius 1 is 1.44 bits per heavy atom. The van der Waals surface area contributed by atoms with Gasteiger partial charge in [0.1, 0.15) is 5.82 Å². The number of rotatable bonds is 7. The highest BCUT2D eigenvalue weighted by Crippen LogP contribution is 2.20. The standard InChI is InChI=1S/C13H18FNO2S/c1-3-17-13(16)10-15(2)8-9-18-12-7-5-4-6-11(12)14/h4-7H,3,8-10H2,1-2H3. The van der Waals surface area contributed by atoms with Crippen LogP contribution in [0.5, 0.6) is 0 Å². The van der Waals surface area contributed by atoms with Crippen LogP contribution < -0.4 is 0 Å². The van der Waals surface area contributed by atoms with Crippen LogP contribution in [-0.2, 0) is 9.53 Å². The van der Waals surface area contributed by atoms with Crippen LogP contribution in [0.2, 0.25) is 0 Å². The maximum Gasteiger partial charge on any atom is 0.320 e. The summed E-state index contributed by atoms with van der Waals surface area (Å²) >= 11 is 1.45. The van der Waals surface area contributed by atoms with E-state index in [1.165, 1.54) is 17.8 Å². The molecule has 0 aliphatic carbocycles. The Morgan fingerprint density at radius 2 is 2.17 bits per heavy atom. The Hall–Kier alpha value is -1.07. The molecule has 0 aliphatic rings. The molecule has 0 aliphatic heterocycles. The van der Waals surface area contributed by atoms with Gasteiger partial charge in [-0.15, -0.1) is 11.8 Å². The van der Waals surface area contributed by atoms with Crippen molar-refractivity contribution in [1.82, 2.24) is 4.90 Å². The summed E-state index contributed by atoms with van der Waals surface area (Å²) in [6.07, 6.45) is 0. The van der Waals surface area contributed by atoms with E-state index in [2.05, 4.69) is 0 Å². The molecule has 1 aromatic carbocycles. The third-order valence-corrected chi connectivity index (χ3v) is 3.30. The lowest BCUT2D eigenvalue weighted by Crippen LogP contribution is -2.29. The average Bonchev–Trinajstić information content (AvgIpc) is 2.31. The van der Waals surface area contributed by atoms with Gasteiger partial charge in [0.05, 0.1) is 13.2 Å². The summed E-state index contributed by atoms with van der Waals surface area (Å²) in [6, 6.07) is 6.69. The third kappa shape index (κ3) is 5.51. The topological polar surface area (TPSA) is 29.5 Å². The van der Waals surface area contributed by atoms with Crippen molar-refractivity contribution in [3.63, 3.8) is 0 Å². The van der Waals surface area contributed by atoms with Gasteiger partial charge in [-0.05, 0) is 26.1 Å². The molecule has 0 saturated heterocycles. The van der Waals surface area contributed by atoms with Crippen LogP contribution in [0.3, 0.4) is 0 Å². The molecule has 5 heteroatoms. The minimum absolute atomic E-state index is 0.199. The van der Waals surface area contributed by atoms with E-state index in [0.717, 1.165) is 5.75 Å². The smallest absolute Gasteiger partial charge is 0.320 e. The van der Waals surface area contributed by atoms with Gasteiger partial charge in [-0.2, -0.15) is 0 Å². The first kappa shape index (κ1) is 15.0. The van der Waals surface area contributed by atoms with Gasteiger partial charge < -0.3 is 4.74 Å². The monoisotopic (exact) mass is 271 g/mol. The molecule has 0 amide bonds. The molecular formula is C13H18FNO2S. The first-order chi connectivity index (χ1) is 8.63. The summed E-state index contributed by atoms with van der Waals surface area (Å²) in [7, 11) is 1.85. The fraction of sp³-hybridized carbons (Fsp3) is 0.462. The molecule has 3 nitrogen and oxygen atoms in total. The van der Waals surface area contributed by atoms with Crippen LogP contribution in [0.1, 0.15) is 6.92 Å². The molecule has 0 radical (unpaired) electrons. The summed E-state index contributed by atoms with van der Waals surface area (Å²) in [4.78, 5) is 13.7. The van der Waals surface area contributed by atoms with E-state index in [1.807, 2.05) is 18.0 Å². The SMILES string of the molecule is CCOC(=O)CN(C)CCSc1ccccc1F. The maximum absolute atomic E-state index is 13.3. The number of carbonyl (C=O) groups is 1. The summed E-state index contributed by atoms with van der Waals surface area (Å²) in [5.74, 6) is 0.308. The largest absolute Gasteiger partial charge is 0.465 e. The summed E-state index contributed by atoms with van der Waals surface area (Å²) < 4.78 is 18.2. The summed E-state index contributed by atoms with van der Waals surface area (Å²) in [5.41, 5.74) is 0. The Labute approximate surface area is 111 Å². The van der Waals surface area contributed by atoms with Crippen molar-refractivity contribution < 1.29 is 13.9 Å². The van der Waals surface area contributed by atoms with Crippen LogP contribution in [0.25, 0.3) is 0 Å². The van der Waals surface area contributed by atoms with E-state index in [0.29, 0.717) is 18.0 Å². The van der Waals surface area contributed by atoms with Crippen molar-refractivity contribution in [2.24, 2.45) is 0 Å². The number of likely N-dealkylation sites (N-methyl/N-ethyl adjacent to an activating group) is 1. The lowest BCUT2D eigenvalue weighted by atomic mass is 10.3. The van der Waals surface area contributed by atoms with E-state index < -0.39 is 0 Å². The van der Waals surface area contributed by atoms with Gasteiger partial charge in [-0.25, -0.2) is 4.39 Å². The minimum Gasteiger partial charge on any atom is -0.465 e.